The van der Waals surface area contributed by atoms with Crippen LogP contribution in [0.4, 0.5) is 0 Å². The molecule has 5 nitrogen and oxygen atoms in total. The zero-order valence-electron chi connectivity index (χ0n) is 11.0. The highest BCUT2D eigenvalue weighted by Crippen LogP contribution is 2.23. The van der Waals surface area contributed by atoms with Crippen molar-refractivity contribution in [1.82, 2.24) is 4.90 Å². The minimum absolute atomic E-state index is 0.00185. The van der Waals surface area contributed by atoms with Gasteiger partial charge in [0.1, 0.15) is 5.75 Å². The lowest BCUT2D eigenvalue weighted by Gasteiger charge is -2.23. The predicted octanol–water partition coefficient (Wildman–Crippen LogP) is 0.960. The first kappa shape index (κ1) is 13.9. The van der Waals surface area contributed by atoms with Crippen LogP contribution in [0.15, 0.2) is 18.2 Å². The number of phenols is 1. The Morgan fingerprint density at radius 1 is 1.42 bits per heavy atom. The van der Waals surface area contributed by atoms with Gasteiger partial charge in [-0.05, 0) is 31.0 Å². The molecule has 0 saturated carbocycles. The molecule has 1 fully saturated rings. The van der Waals surface area contributed by atoms with Crippen molar-refractivity contribution >= 4 is 15.7 Å². The van der Waals surface area contributed by atoms with E-state index in [1.165, 1.54) is 11.0 Å². The van der Waals surface area contributed by atoms with Gasteiger partial charge in [-0.25, -0.2) is 8.42 Å². The van der Waals surface area contributed by atoms with E-state index in [9.17, 15) is 18.3 Å². The molecule has 1 aliphatic heterocycles. The number of sulfone groups is 1. The quantitative estimate of drug-likeness (QED) is 0.877. The first-order chi connectivity index (χ1) is 8.80. The van der Waals surface area contributed by atoms with Gasteiger partial charge in [-0.2, -0.15) is 0 Å². The molecule has 1 aromatic carbocycles. The lowest BCUT2D eigenvalue weighted by Crippen LogP contribution is -2.37. The molecule has 0 spiro atoms. The first-order valence-corrected chi connectivity index (χ1v) is 7.89. The SMILES string of the molecule is Cc1ccc(C(=O)N(C)[C@H]2CCS(=O)(=O)C2)c(O)c1. The topological polar surface area (TPSA) is 74.7 Å². The lowest BCUT2D eigenvalue weighted by atomic mass is 10.1. The molecule has 1 heterocycles. The molecular formula is C13H17NO4S. The van der Waals surface area contributed by atoms with E-state index in [2.05, 4.69) is 0 Å². The summed E-state index contributed by atoms with van der Waals surface area (Å²) in [6, 6.07) is 4.52. The normalized spacial score (nSPS) is 21.3. The monoisotopic (exact) mass is 283 g/mol. The van der Waals surface area contributed by atoms with Gasteiger partial charge in [0.25, 0.3) is 5.91 Å². The van der Waals surface area contributed by atoms with Crippen LogP contribution in [0.5, 0.6) is 5.75 Å². The Balaban J connectivity index is 2.20. The molecule has 1 saturated heterocycles. The average Bonchev–Trinajstić information content (AvgIpc) is 2.68. The number of nitrogens with zero attached hydrogens (tertiary/aromatic N) is 1. The van der Waals surface area contributed by atoms with Crippen molar-refractivity contribution in [2.75, 3.05) is 18.6 Å². The molecule has 1 amide bonds. The summed E-state index contributed by atoms with van der Waals surface area (Å²) in [6.45, 7) is 1.82. The van der Waals surface area contributed by atoms with E-state index in [-0.39, 0.29) is 34.8 Å². The van der Waals surface area contributed by atoms with Gasteiger partial charge in [-0.1, -0.05) is 6.07 Å². The number of aryl methyl sites for hydroxylation is 1. The number of rotatable bonds is 2. The fraction of sp³-hybridized carbons (Fsp3) is 0.462. The Kier molecular flexibility index (Phi) is 3.54. The number of amides is 1. The maximum Gasteiger partial charge on any atom is 0.257 e. The van der Waals surface area contributed by atoms with Crippen LogP contribution < -0.4 is 0 Å². The van der Waals surface area contributed by atoms with Crippen LogP contribution in [-0.2, 0) is 9.84 Å². The van der Waals surface area contributed by atoms with Crippen molar-refractivity contribution in [3.8, 4) is 5.75 Å². The number of aromatic hydroxyl groups is 1. The molecule has 1 N–H and O–H groups in total. The minimum Gasteiger partial charge on any atom is -0.507 e. The summed E-state index contributed by atoms with van der Waals surface area (Å²) >= 11 is 0. The predicted molar refractivity (Wildman–Crippen MR) is 72.0 cm³/mol. The second-order valence-corrected chi connectivity index (χ2v) is 7.22. The highest BCUT2D eigenvalue weighted by molar-refractivity contribution is 7.91. The number of hydrogen-bond acceptors (Lipinski definition) is 4. The summed E-state index contributed by atoms with van der Waals surface area (Å²) < 4.78 is 22.9. The third-order valence-corrected chi connectivity index (χ3v) is 5.21. The largest absolute Gasteiger partial charge is 0.507 e. The van der Waals surface area contributed by atoms with E-state index in [1.54, 1.807) is 19.2 Å². The summed E-state index contributed by atoms with van der Waals surface area (Å²) in [7, 11) is -1.45. The van der Waals surface area contributed by atoms with Gasteiger partial charge in [0.2, 0.25) is 0 Å². The molecule has 1 aliphatic rings. The highest BCUT2D eigenvalue weighted by atomic mass is 32.2. The number of carbonyl (C=O) groups is 1. The maximum absolute atomic E-state index is 12.2. The van der Waals surface area contributed by atoms with Crippen LogP contribution >= 0.6 is 0 Å². The lowest BCUT2D eigenvalue weighted by molar-refractivity contribution is 0.0744. The van der Waals surface area contributed by atoms with Gasteiger partial charge in [0, 0.05) is 13.1 Å². The fourth-order valence-electron chi connectivity index (χ4n) is 2.26. The molecular weight excluding hydrogens is 266 g/mol. The molecule has 0 aromatic heterocycles. The number of benzene rings is 1. The highest BCUT2D eigenvalue weighted by Gasteiger charge is 2.33. The van der Waals surface area contributed by atoms with Crippen LogP contribution in [0.1, 0.15) is 22.3 Å². The van der Waals surface area contributed by atoms with Gasteiger partial charge in [0.05, 0.1) is 17.1 Å². The molecule has 2 rings (SSSR count). The Bertz CT molecular complexity index is 609. The molecule has 0 radical (unpaired) electrons. The van der Waals surface area contributed by atoms with Crippen LogP contribution in [0.3, 0.4) is 0 Å². The molecule has 1 atom stereocenters. The Morgan fingerprint density at radius 2 is 2.11 bits per heavy atom. The van der Waals surface area contributed by atoms with E-state index in [4.69, 9.17) is 0 Å². The van der Waals surface area contributed by atoms with Crippen molar-refractivity contribution in [3.05, 3.63) is 29.3 Å². The summed E-state index contributed by atoms with van der Waals surface area (Å²) in [5.41, 5.74) is 1.07. The molecule has 0 unspecified atom stereocenters. The second kappa shape index (κ2) is 4.85. The van der Waals surface area contributed by atoms with Gasteiger partial charge < -0.3 is 10.0 Å². The smallest absolute Gasteiger partial charge is 0.257 e. The molecule has 104 valence electrons. The third kappa shape index (κ3) is 2.89. The second-order valence-electron chi connectivity index (χ2n) is 4.99. The Labute approximate surface area is 112 Å². The van der Waals surface area contributed by atoms with E-state index >= 15 is 0 Å². The number of hydrogen-bond donors (Lipinski definition) is 1. The number of phenolic OH excluding ortho intramolecular Hbond substituents is 1. The number of carbonyl (C=O) groups excluding carboxylic acids is 1. The van der Waals surface area contributed by atoms with Gasteiger partial charge in [0.15, 0.2) is 9.84 Å². The summed E-state index contributed by atoms with van der Waals surface area (Å²) in [6.07, 6.45) is 0.456. The van der Waals surface area contributed by atoms with Crippen molar-refractivity contribution in [2.24, 2.45) is 0 Å². The molecule has 6 heteroatoms. The first-order valence-electron chi connectivity index (χ1n) is 6.07. The van der Waals surface area contributed by atoms with Crippen molar-refractivity contribution in [2.45, 2.75) is 19.4 Å². The van der Waals surface area contributed by atoms with Crippen LogP contribution in [0.25, 0.3) is 0 Å². The van der Waals surface area contributed by atoms with Crippen molar-refractivity contribution in [1.29, 1.82) is 0 Å². The van der Waals surface area contributed by atoms with Gasteiger partial charge >= 0.3 is 0 Å². The van der Waals surface area contributed by atoms with E-state index in [0.717, 1.165) is 5.56 Å². The summed E-state index contributed by atoms with van der Waals surface area (Å²) in [4.78, 5) is 13.7. The molecule has 0 aliphatic carbocycles. The van der Waals surface area contributed by atoms with Gasteiger partial charge in [-0.3, -0.25) is 4.79 Å². The van der Waals surface area contributed by atoms with Gasteiger partial charge in [-0.15, -0.1) is 0 Å². The van der Waals surface area contributed by atoms with Crippen LogP contribution in [0.2, 0.25) is 0 Å². The maximum atomic E-state index is 12.2. The van der Waals surface area contributed by atoms with Crippen LogP contribution in [0, 0.1) is 6.92 Å². The van der Waals surface area contributed by atoms with Crippen LogP contribution in [-0.4, -0.2) is 48.9 Å². The third-order valence-electron chi connectivity index (χ3n) is 3.46. The molecule has 19 heavy (non-hydrogen) atoms. The summed E-state index contributed by atoms with van der Waals surface area (Å²) in [5, 5.41) is 9.79. The average molecular weight is 283 g/mol. The minimum atomic E-state index is -3.03. The zero-order chi connectivity index (χ0) is 14.2. The van der Waals surface area contributed by atoms with E-state index < -0.39 is 9.84 Å². The fourth-order valence-corrected chi connectivity index (χ4v) is 4.03. The Morgan fingerprint density at radius 3 is 2.63 bits per heavy atom. The van der Waals surface area contributed by atoms with E-state index in [0.29, 0.717) is 6.42 Å². The van der Waals surface area contributed by atoms with Crippen molar-refractivity contribution in [3.63, 3.8) is 0 Å². The van der Waals surface area contributed by atoms with Crippen molar-refractivity contribution < 1.29 is 18.3 Å². The zero-order valence-corrected chi connectivity index (χ0v) is 11.8. The summed E-state index contributed by atoms with van der Waals surface area (Å²) in [5.74, 6) is -0.297. The molecule has 0 bridgehead atoms. The van der Waals surface area contributed by atoms with E-state index in [1.807, 2.05) is 6.92 Å². The standard InChI is InChI=1S/C13H17NO4S/c1-9-3-4-11(12(15)7-9)13(16)14(2)10-5-6-19(17,18)8-10/h3-4,7,10,15H,5-6,8H2,1-2H3/t10-/m0/s1. The molecule has 1 aromatic rings. The Hall–Kier alpha value is -1.56.